The minimum Gasteiger partial charge on any atom is -0.355 e. The Morgan fingerprint density at radius 2 is 1.75 bits per heavy atom. The van der Waals surface area contributed by atoms with E-state index >= 15 is 0 Å². The van der Waals surface area contributed by atoms with E-state index in [1.54, 1.807) is 24.2 Å². The maximum Gasteiger partial charge on any atom is 0.276 e. The van der Waals surface area contributed by atoms with Crippen LogP contribution in [0.2, 0.25) is 0 Å². The van der Waals surface area contributed by atoms with Crippen LogP contribution in [0.3, 0.4) is 0 Å². The van der Waals surface area contributed by atoms with Crippen molar-refractivity contribution in [1.29, 1.82) is 0 Å². The average molecular weight is 382 g/mol. The first-order valence-corrected chi connectivity index (χ1v) is 8.24. The number of amides is 1. The standard InChI is InChI=1S/C19H16BrN3O/c1-23(17-8-3-2-4-9-17)19(24)18-13-16(10-11-21-18)22-15-7-5-6-14(20)12-15/h2-13H,1H3,(H,21,22). The van der Waals surface area contributed by atoms with E-state index in [0.717, 1.165) is 21.5 Å². The van der Waals surface area contributed by atoms with E-state index < -0.39 is 0 Å². The Morgan fingerprint density at radius 3 is 2.50 bits per heavy atom. The summed E-state index contributed by atoms with van der Waals surface area (Å²) in [7, 11) is 1.74. The molecule has 0 saturated carbocycles. The first-order valence-electron chi connectivity index (χ1n) is 7.45. The van der Waals surface area contributed by atoms with Gasteiger partial charge in [0.05, 0.1) is 0 Å². The second kappa shape index (κ2) is 7.27. The lowest BCUT2D eigenvalue weighted by Gasteiger charge is -2.17. The van der Waals surface area contributed by atoms with Crippen LogP contribution in [-0.2, 0) is 0 Å². The third-order valence-electron chi connectivity index (χ3n) is 3.54. The first kappa shape index (κ1) is 16.2. The molecule has 1 aromatic heterocycles. The number of para-hydroxylation sites is 1. The number of pyridine rings is 1. The summed E-state index contributed by atoms with van der Waals surface area (Å²) in [6.07, 6.45) is 1.63. The zero-order chi connectivity index (χ0) is 16.9. The van der Waals surface area contributed by atoms with Crippen molar-refractivity contribution in [1.82, 2.24) is 4.98 Å². The van der Waals surface area contributed by atoms with Gasteiger partial charge in [-0.1, -0.05) is 40.2 Å². The van der Waals surface area contributed by atoms with Gasteiger partial charge in [-0.2, -0.15) is 0 Å². The molecule has 2 aromatic carbocycles. The lowest BCUT2D eigenvalue weighted by atomic mass is 10.2. The van der Waals surface area contributed by atoms with Gasteiger partial charge >= 0.3 is 0 Å². The summed E-state index contributed by atoms with van der Waals surface area (Å²) in [5.74, 6) is -0.154. The van der Waals surface area contributed by atoms with Crippen molar-refractivity contribution >= 4 is 38.9 Å². The molecule has 24 heavy (non-hydrogen) atoms. The van der Waals surface area contributed by atoms with Gasteiger partial charge in [0.15, 0.2) is 0 Å². The Hall–Kier alpha value is -2.66. The minimum absolute atomic E-state index is 0.154. The fraction of sp³-hybridized carbons (Fsp3) is 0.0526. The molecule has 1 N–H and O–H groups in total. The molecule has 5 heteroatoms. The van der Waals surface area contributed by atoms with Gasteiger partial charge in [-0.25, -0.2) is 0 Å². The molecule has 0 saturated heterocycles. The number of rotatable bonds is 4. The molecule has 1 heterocycles. The Bertz CT molecular complexity index is 852. The molecule has 0 unspecified atom stereocenters. The smallest absolute Gasteiger partial charge is 0.276 e. The summed E-state index contributed by atoms with van der Waals surface area (Å²) in [6.45, 7) is 0. The van der Waals surface area contributed by atoms with Crippen molar-refractivity contribution in [3.05, 3.63) is 83.1 Å². The van der Waals surface area contributed by atoms with Gasteiger partial charge in [0.1, 0.15) is 5.69 Å². The van der Waals surface area contributed by atoms with Crippen LogP contribution in [0, 0.1) is 0 Å². The van der Waals surface area contributed by atoms with Crippen LogP contribution < -0.4 is 10.2 Å². The van der Waals surface area contributed by atoms with Crippen molar-refractivity contribution in [2.24, 2.45) is 0 Å². The molecule has 1 amide bonds. The lowest BCUT2D eigenvalue weighted by Crippen LogP contribution is -2.27. The van der Waals surface area contributed by atoms with Crippen molar-refractivity contribution in [2.45, 2.75) is 0 Å². The molecule has 4 nitrogen and oxygen atoms in total. The van der Waals surface area contributed by atoms with E-state index in [0.29, 0.717) is 5.69 Å². The third kappa shape index (κ3) is 3.81. The number of benzene rings is 2. The molecular formula is C19H16BrN3O. The topological polar surface area (TPSA) is 45.2 Å². The molecule has 0 aliphatic rings. The van der Waals surface area contributed by atoms with Gasteiger partial charge in [-0.3, -0.25) is 9.78 Å². The van der Waals surface area contributed by atoms with Crippen LogP contribution in [0.25, 0.3) is 0 Å². The Labute approximate surface area is 149 Å². The number of nitrogens with one attached hydrogen (secondary N) is 1. The molecule has 3 aromatic rings. The molecule has 0 radical (unpaired) electrons. The fourth-order valence-electron chi connectivity index (χ4n) is 2.30. The van der Waals surface area contributed by atoms with E-state index in [1.165, 1.54) is 0 Å². The number of anilines is 3. The molecule has 0 atom stereocenters. The van der Waals surface area contributed by atoms with Gasteiger partial charge in [0.25, 0.3) is 5.91 Å². The van der Waals surface area contributed by atoms with E-state index in [9.17, 15) is 4.79 Å². The van der Waals surface area contributed by atoms with Crippen LogP contribution >= 0.6 is 15.9 Å². The van der Waals surface area contributed by atoms with Crippen molar-refractivity contribution in [2.75, 3.05) is 17.3 Å². The molecular weight excluding hydrogens is 366 g/mol. The summed E-state index contributed by atoms with van der Waals surface area (Å²) < 4.78 is 0.988. The number of aromatic nitrogens is 1. The van der Waals surface area contributed by atoms with Gasteiger partial charge in [0.2, 0.25) is 0 Å². The molecule has 0 aliphatic heterocycles. The predicted octanol–water partition coefficient (Wildman–Crippen LogP) is 4.86. The highest BCUT2D eigenvalue weighted by molar-refractivity contribution is 9.10. The van der Waals surface area contributed by atoms with E-state index in [-0.39, 0.29) is 5.91 Å². The Kier molecular flexibility index (Phi) is 4.91. The number of hydrogen-bond donors (Lipinski definition) is 1. The quantitative estimate of drug-likeness (QED) is 0.701. The molecule has 0 fully saturated rings. The van der Waals surface area contributed by atoms with E-state index in [1.807, 2.05) is 60.7 Å². The van der Waals surface area contributed by atoms with Gasteiger partial charge in [-0.05, 0) is 42.5 Å². The Balaban J connectivity index is 1.81. The van der Waals surface area contributed by atoms with Crippen LogP contribution in [0.1, 0.15) is 10.5 Å². The summed E-state index contributed by atoms with van der Waals surface area (Å²) in [4.78, 5) is 18.4. The average Bonchev–Trinajstić information content (AvgIpc) is 2.61. The maximum absolute atomic E-state index is 12.6. The third-order valence-corrected chi connectivity index (χ3v) is 4.03. The number of carbonyl (C=O) groups excluding carboxylic acids is 1. The molecule has 3 rings (SSSR count). The predicted molar refractivity (Wildman–Crippen MR) is 101 cm³/mol. The van der Waals surface area contributed by atoms with Crippen molar-refractivity contribution < 1.29 is 4.79 Å². The number of hydrogen-bond acceptors (Lipinski definition) is 3. The SMILES string of the molecule is CN(C(=O)c1cc(Nc2cccc(Br)c2)ccn1)c1ccccc1. The van der Waals surface area contributed by atoms with E-state index in [4.69, 9.17) is 0 Å². The molecule has 120 valence electrons. The second-order valence-electron chi connectivity index (χ2n) is 5.26. The number of halogens is 1. The molecule has 0 aliphatic carbocycles. The van der Waals surface area contributed by atoms with Crippen LogP contribution in [0.15, 0.2) is 77.4 Å². The summed E-state index contributed by atoms with van der Waals surface area (Å²) >= 11 is 3.44. The zero-order valence-electron chi connectivity index (χ0n) is 13.1. The highest BCUT2D eigenvalue weighted by Gasteiger charge is 2.15. The summed E-state index contributed by atoms with van der Waals surface area (Å²) in [5, 5.41) is 3.28. The monoisotopic (exact) mass is 381 g/mol. The van der Waals surface area contributed by atoms with Crippen LogP contribution in [-0.4, -0.2) is 17.9 Å². The number of carbonyl (C=O) groups is 1. The minimum atomic E-state index is -0.154. The Morgan fingerprint density at radius 1 is 1.00 bits per heavy atom. The fourth-order valence-corrected chi connectivity index (χ4v) is 2.70. The van der Waals surface area contributed by atoms with Crippen LogP contribution in [0.4, 0.5) is 17.1 Å². The molecule has 0 spiro atoms. The summed E-state index contributed by atoms with van der Waals surface area (Å²) in [5.41, 5.74) is 2.97. The summed E-state index contributed by atoms with van der Waals surface area (Å²) in [6, 6.07) is 20.9. The highest BCUT2D eigenvalue weighted by Crippen LogP contribution is 2.21. The first-order chi connectivity index (χ1) is 11.6. The van der Waals surface area contributed by atoms with Gasteiger partial charge in [0, 0.05) is 34.8 Å². The lowest BCUT2D eigenvalue weighted by molar-refractivity contribution is 0.0988. The molecule has 0 bridgehead atoms. The van der Waals surface area contributed by atoms with Crippen LogP contribution in [0.5, 0.6) is 0 Å². The van der Waals surface area contributed by atoms with Gasteiger partial charge < -0.3 is 10.2 Å². The number of nitrogens with zero attached hydrogens (tertiary/aromatic N) is 2. The van der Waals surface area contributed by atoms with Gasteiger partial charge in [-0.15, -0.1) is 0 Å². The second-order valence-corrected chi connectivity index (χ2v) is 6.18. The van der Waals surface area contributed by atoms with Crippen molar-refractivity contribution in [3.8, 4) is 0 Å². The van der Waals surface area contributed by atoms with Crippen molar-refractivity contribution in [3.63, 3.8) is 0 Å². The largest absolute Gasteiger partial charge is 0.355 e. The van der Waals surface area contributed by atoms with E-state index in [2.05, 4.69) is 26.2 Å². The highest BCUT2D eigenvalue weighted by atomic mass is 79.9. The zero-order valence-corrected chi connectivity index (χ0v) is 14.7. The maximum atomic E-state index is 12.6. The normalized spacial score (nSPS) is 10.2.